The number of amides is 2. The van der Waals surface area contributed by atoms with Crippen LogP contribution < -0.4 is 10.6 Å². The molecule has 2 aliphatic heterocycles. The molecule has 3 fully saturated rings. The molecular formula is C15H26ClN3O3. The van der Waals surface area contributed by atoms with Gasteiger partial charge in [-0.15, -0.1) is 12.4 Å². The summed E-state index contributed by atoms with van der Waals surface area (Å²) in [7, 11) is 1.64. The Bertz CT molecular complexity index is 417. The van der Waals surface area contributed by atoms with Crippen LogP contribution in [-0.2, 0) is 14.3 Å². The van der Waals surface area contributed by atoms with E-state index in [1.807, 2.05) is 4.90 Å². The van der Waals surface area contributed by atoms with E-state index in [-0.39, 0.29) is 30.3 Å². The van der Waals surface area contributed by atoms with Gasteiger partial charge in [-0.1, -0.05) is 0 Å². The molecule has 1 aliphatic carbocycles. The predicted molar refractivity (Wildman–Crippen MR) is 84.9 cm³/mol. The highest BCUT2D eigenvalue weighted by atomic mass is 35.5. The molecule has 2 amide bonds. The van der Waals surface area contributed by atoms with Crippen molar-refractivity contribution in [1.82, 2.24) is 15.5 Å². The van der Waals surface area contributed by atoms with Crippen molar-refractivity contribution in [2.45, 2.75) is 44.2 Å². The molecule has 0 radical (unpaired) electrons. The number of rotatable bonds is 5. The average molecular weight is 332 g/mol. The molecule has 3 aliphatic rings. The van der Waals surface area contributed by atoms with Crippen molar-refractivity contribution < 1.29 is 14.3 Å². The molecule has 0 bridgehead atoms. The molecular weight excluding hydrogens is 306 g/mol. The first-order chi connectivity index (χ1) is 10.1. The van der Waals surface area contributed by atoms with Crippen LogP contribution in [0, 0.1) is 5.41 Å². The minimum absolute atomic E-state index is 0. The number of hydrogen-bond donors (Lipinski definition) is 2. The summed E-state index contributed by atoms with van der Waals surface area (Å²) in [6, 6.07) is 0.403. The number of piperidine rings is 1. The Labute approximate surface area is 137 Å². The van der Waals surface area contributed by atoms with E-state index in [1.54, 1.807) is 7.11 Å². The predicted octanol–water partition coefficient (Wildman–Crippen LogP) is 0.304. The molecule has 2 N–H and O–H groups in total. The smallest absolute Gasteiger partial charge is 0.228 e. The molecule has 22 heavy (non-hydrogen) atoms. The molecule has 0 spiro atoms. The van der Waals surface area contributed by atoms with E-state index in [1.165, 1.54) is 0 Å². The SMILES string of the molecule is COCC1(C(=O)NC2CC(=O)N(C3CC3)C2)CCNCC1.Cl. The lowest BCUT2D eigenvalue weighted by Gasteiger charge is -2.36. The molecule has 126 valence electrons. The molecule has 6 nitrogen and oxygen atoms in total. The molecule has 1 saturated carbocycles. The summed E-state index contributed by atoms with van der Waals surface area (Å²) >= 11 is 0. The minimum atomic E-state index is -0.434. The number of likely N-dealkylation sites (tertiary alicyclic amines) is 1. The van der Waals surface area contributed by atoms with Crippen molar-refractivity contribution in [2.75, 3.05) is 33.4 Å². The van der Waals surface area contributed by atoms with Gasteiger partial charge in [0.15, 0.2) is 0 Å². The first-order valence-corrected chi connectivity index (χ1v) is 7.95. The number of methoxy groups -OCH3 is 1. The van der Waals surface area contributed by atoms with Crippen molar-refractivity contribution in [1.29, 1.82) is 0 Å². The number of hydrogen-bond acceptors (Lipinski definition) is 4. The number of nitrogens with zero attached hydrogens (tertiary/aromatic N) is 1. The Morgan fingerprint density at radius 2 is 2.09 bits per heavy atom. The van der Waals surface area contributed by atoms with Crippen molar-refractivity contribution in [3.05, 3.63) is 0 Å². The van der Waals surface area contributed by atoms with E-state index in [4.69, 9.17) is 4.74 Å². The highest BCUT2D eigenvalue weighted by Gasteiger charge is 2.44. The van der Waals surface area contributed by atoms with Crippen molar-refractivity contribution in [2.24, 2.45) is 5.41 Å². The molecule has 7 heteroatoms. The second-order valence-electron chi connectivity index (χ2n) is 6.62. The fourth-order valence-corrected chi connectivity index (χ4v) is 3.52. The van der Waals surface area contributed by atoms with Crippen LogP contribution in [0.15, 0.2) is 0 Å². The highest BCUT2D eigenvalue weighted by Crippen LogP contribution is 2.32. The van der Waals surface area contributed by atoms with Crippen molar-refractivity contribution >= 4 is 24.2 Å². The second-order valence-corrected chi connectivity index (χ2v) is 6.62. The molecule has 0 aromatic rings. The molecule has 0 aromatic heterocycles. The summed E-state index contributed by atoms with van der Waals surface area (Å²) in [5.74, 6) is 0.246. The Balaban J connectivity index is 0.00000176. The number of carbonyl (C=O) groups is 2. The topological polar surface area (TPSA) is 70.7 Å². The quantitative estimate of drug-likeness (QED) is 0.760. The number of carbonyl (C=O) groups excluding carboxylic acids is 2. The van der Waals surface area contributed by atoms with Gasteiger partial charge >= 0.3 is 0 Å². The number of nitrogens with one attached hydrogen (secondary N) is 2. The van der Waals surface area contributed by atoms with E-state index < -0.39 is 5.41 Å². The Hall–Kier alpha value is -0.850. The first kappa shape index (κ1) is 17.5. The van der Waals surface area contributed by atoms with Crippen LogP contribution in [-0.4, -0.2) is 62.1 Å². The fourth-order valence-electron chi connectivity index (χ4n) is 3.52. The summed E-state index contributed by atoms with van der Waals surface area (Å²) in [4.78, 5) is 26.6. The molecule has 2 heterocycles. The summed E-state index contributed by atoms with van der Waals surface area (Å²) in [5.41, 5.74) is -0.434. The Morgan fingerprint density at radius 1 is 1.41 bits per heavy atom. The van der Waals surface area contributed by atoms with Gasteiger partial charge < -0.3 is 20.3 Å². The first-order valence-electron chi connectivity index (χ1n) is 7.95. The van der Waals surface area contributed by atoms with Gasteiger partial charge in [0.05, 0.1) is 18.1 Å². The molecule has 3 rings (SSSR count). The van der Waals surface area contributed by atoms with E-state index in [0.717, 1.165) is 38.8 Å². The lowest BCUT2D eigenvalue weighted by atomic mass is 9.78. The van der Waals surface area contributed by atoms with E-state index in [9.17, 15) is 9.59 Å². The molecule has 1 atom stereocenters. The Morgan fingerprint density at radius 3 is 2.68 bits per heavy atom. The van der Waals surface area contributed by atoms with Gasteiger partial charge in [0.2, 0.25) is 11.8 Å². The van der Waals surface area contributed by atoms with Gasteiger partial charge in [0.25, 0.3) is 0 Å². The standard InChI is InChI=1S/C15H25N3O3.ClH/c1-21-10-15(4-6-16-7-5-15)14(20)17-11-8-13(19)18(9-11)12-2-3-12;/h11-12,16H,2-10H2,1H3,(H,17,20);1H. The molecule has 1 unspecified atom stereocenters. The maximum Gasteiger partial charge on any atom is 0.228 e. The van der Waals surface area contributed by atoms with Crippen LogP contribution in [0.2, 0.25) is 0 Å². The third-order valence-electron chi connectivity index (χ3n) is 4.94. The second kappa shape index (κ2) is 7.15. The Kier molecular flexibility index (Phi) is 5.69. The number of halogens is 1. The molecule has 0 aromatic carbocycles. The van der Waals surface area contributed by atoms with E-state index in [0.29, 0.717) is 25.6 Å². The maximum atomic E-state index is 12.7. The normalized spacial score (nSPS) is 27.4. The van der Waals surface area contributed by atoms with Crippen LogP contribution in [0.3, 0.4) is 0 Å². The van der Waals surface area contributed by atoms with Crippen molar-refractivity contribution in [3.8, 4) is 0 Å². The number of ether oxygens (including phenoxy) is 1. The van der Waals surface area contributed by atoms with Gasteiger partial charge in [-0.3, -0.25) is 9.59 Å². The highest BCUT2D eigenvalue weighted by molar-refractivity contribution is 5.86. The zero-order valence-corrected chi connectivity index (χ0v) is 13.9. The van der Waals surface area contributed by atoms with Gasteiger partial charge in [0.1, 0.15) is 0 Å². The zero-order valence-electron chi connectivity index (χ0n) is 13.1. The lowest BCUT2D eigenvalue weighted by molar-refractivity contribution is -0.136. The minimum Gasteiger partial charge on any atom is -0.384 e. The maximum absolute atomic E-state index is 12.7. The van der Waals surface area contributed by atoms with Crippen LogP contribution in [0.1, 0.15) is 32.1 Å². The fraction of sp³-hybridized carbons (Fsp3) is 0.867. The summed E-state index contributed by atoms with van der Waals surface area (Å²) in [6.07, 6.45) is 4.26. The third kappa shape index (κ3) is 3.55. The van der Waals surface area contributed by atoms with Crippen molar-refractivity contribution in [3.63, 3.8) is 0 Å². The van der Waals surface area contributed by atoms with Crippen LogP contribution in [0.5, 0.6) is 0 Å². The van der Waals surface area contributed by atoms with Gasteiger partial charge in [0, 0.05) is 26.1 Å². The zero-order chi connectivity index (χ0) is 14.9. The van der Waals surface area contributed by atoms with Gasteiger partial charge in [-0.2, -0.15) is 0 Å². The van der Waals surface area contributed by atoms with Gasteiger partial charge in [-0.25, -0.2) is 0 Å². The van der Waals surface area contributed by atoms with E-state index in [2.05, 4.69) is 10.6 Å². The summed E-state index contributed by atoms with van der Waals surface area (Å²) < 4.78 is 5.29. The van der Waals surface area contributed by atoms with Crippen LogP contribution in [0.4, 0.5) is 0 Å². The van der Waals surface area contributed by atoms with E-state index >= 15 is 0 Å². The van der Waals surface area contributed by atoms with Crippen LogP contribution >= 0.6 is 12.4 Å². The monoisotopic (exact) mass is 331 g/mol. The largest absolute Gasteiger partial charge is 0.384 e. The summed E-state index contributed by atoms with van der Waals surface area (Å²) in [6.45, 7) is 2.81. The lowest BCUT2D eigenvalue weighted by Crippen LogP contribution is -2.52. The average Bonchev–Trinajstić information content (AvgIpc) is 3.24. The molecule has 2 saturated heterocycles. The summed E-state index contributed by atoms with van der Waals surface area (Å²) in [5, 5.41) is 6.39. The van der Waals surface area contributed by atoms with Gasteiger partial charge in [-0.05, 0) is 38.8 Å². The third-order valence-corrected chi connectivity index (χ3v) is 4.94. The van der Waals surface area contributed by atoms with Crippen LogP contribution in [0.25, 0.3) is 0 Å².